The fraction of sp³-hybridized carbons (Fsp3) is 0.188. The lowest BCUT2D eigenvalue weighted by Gasteiger charge is -2.12. The predicted octanol–water partition coefficient (Wildman–Crippen LogP) is 3.19. The van der Waals surface area contributed by atoms with Gasteiger partial charge in [0.2, 0.25) is 0 Å². The van der Waals surface area contributed by atoms with Crippen LogP contribution in [0.4, 0.5) is 5.69 Å². The molecule has 0 saturated heterocycles. The van der Waals surface area contributed by atoms with E-state index in [1.807, 2.05) is 36.4 Å². The van der Waals surface area contributed by atoms with Gasteiger partial charge in [-0.3, -0.25) is 0 Å². The zero-order valence-electron chi connectivity index (χ0n) is 11.5. The van der Waals surface area contributed by atoms with Gasteiger partial charge in [0.1, 0.15) is 11.5 Å². The van der Waals surface area contributed by atoms with E-state index >= 15 is 0 Å². The number of ether oxygens (including phenoxy) is 2. The van der Waals surface area contributed by atoms with Crippen LogP contribution in [0.3, 0.4) is 0 Å². The standard InChI is InChI=1S/C16H16N2O2/c1-19-14-6-7-16(20-2)15(9-14)18-11-13-5-3-4-12(8-13)10-17/h3-9,18H,11H2,1-2H3. The summed E-state index contributed by atoms with van der Waals surface area (Å²) in [6.45, 7) is 0.610. The van der Waals surface area contributed by atoms with Crippen molar-refractivity contribution in [1.82, 2.24) is 0 Å². The van der Waals surface area contributed by atoms with Crippen LogP contribution in [0, 0.1) is 11.3 Å². The third kappa shape index (κ3) is 3.21. The lowest BCUT2D eigenvalue weighted by atomic mass is 10.1. The van der Waals surface area contributed by atoms with Crippen molar-refractivity contribution in [3.8, 4) is 17.6 Å². The number of methoxy groups -OCH3 is 2. The Morgan fingerprint density at radius 2 is 1.95 bits per heavy atom. The van der Waals surface area contributed by atoms with Gasteiger partial charge in [0.25, 0.3) is 0 Å². The predicted molar refractivity (Wildman–Crippen MR) is 78.0 cm³/mol. The SMILES string of the molecule is COc1ccc(OC)c(NCc2cccc(C#N)c2)c1. The molecule has 0 atom stereocenters. The minimum atomic E-state index is 0.610. The molecule has 0 aliphatic carbocycles. The smallest absolute Gasteiger partial charge is 0.142 e. The van der Waals surface area contributed by atoms with Gasteiger partial charge >= 0.3 is 0 Å². The number of benzene rings is 2. The average molecular weight is 268 g/mol. The van der Waals surface area contributed by atoms with Gasteiger partial charge in [-0.1, -0.05) is 12.1 Å². The molecule has 4 heteroatoms. The largest absolute Gasteiger partial charge is 0.497 e. The van der Waals surface area contributed by atoms with Gasteiger partial charge in [0.15, 0.2) is 0 Å². The summed E-state index contributed by atoms with van der Waals surface area (Å²) in [6.07, 6.45) is 0. The molecule has 2 aromatic carbocycles. The Morgan fingerprint density at radius 1 is 1.10 bits per heavy atom. The number of nitrogens with one attached hydrogen (secondary N) is 1. The maximum atomic E-state index is 8.89. The number of rotatable bonds is 5. The van der Waals surface area contributed by atoms with Crippen LogP contribution in [0.5, 0.6) is 11.5 Å². The highest BCUT2D eigenvalue weighted by atomic mass is 16.5. The van der Waals surface area contributed by atoms with Crippen molar-refractivity contribution >= 4 is 5.69 Å². The summed E-state index contributed by atoms with van der Waals surface area (Å²) in [6, 6.07) is 15.2. The second kappa shape index (κ2) is 6.48. The van der Waals surface area contributed by atoms with Crippen molar-refractivity contribution in [3.05, 3.63) is 53.6 Å². The van der Waals surface area contributed by atoms with Crippen LogP contribution in [-0.2, 0) is 6.54 Å². The number of nitriles is 1. The first-order valence-corrected chi connectivity index (χ1v) is 6.21. The molecule has 0 heterocycles. The summed E-state index contributed by atoms with van der Waals surface area (Å²) < 4.78 is 10.5. The van der Waals surface area contributed by atoms with E-state index in [1.165, 1.54) is 0 Å². The van der Waals surface area contributed by atoms with Gasteiger partial charge in [-0.15, -0.1) is 0 Å². The molecule has 0 fully saturated rings. The molecule has 20 heavy (non-hydrogen) atoms. The monoisotopic (exact) mass is 268 g/mol. The fourth-order valence-corrected chi connectivity index (χ4v) is 1.90. The van der Waals surface area contributed by atoms with E-state index in [0.29, 0.717) is 12.1 Å². The van der Waals surface area contributed by atoms with E-state index in [4.69, 9.17) is 14.7 Å². The molecule has 0 bridgehead atoms. The molecule has 0 amide bonds. The van der Waals surface area contributed by atoms with Crippen molar-refractivity contribution in [2.24, 2.45) is 0 Å². The van der Waals surface area contributed by atoms with Crippen molar-refractivity contribution in [1.29, 1.82) is 5.26 Å². The molecule has 2 aromatic rings. The van der Waals surface area contributed by atoms with Crippen LogP contribution >= 0.6 is 0 Å². The van der Waals surface area contributed by atoms with Crippen LogP contribution in [-0.4, -0.2) is 14.2 Å². The molecule has 0 saturated carbocycles. The summed E-state index contributed by atoms with van der Waals surface area (Å²) in [7, 11) is 3.26. The topological polar surface area (TPSA) is 54.3 Å². The lowest BCUT2D eigenvalue weighted by Crippen LogP contribution is -2.02. The minimum absolute atomic E-state index is 0.610. The second-order valence-electron chi connectivity index (χ2n) is 4.23. The fourth-order valence-electron chi connectivity index (χ4n) is 1.90. The third-order valence-corrected chi connectivity index (χ3v) is 2.95. The van der Waals surface area contributed by atoms with Gasteiger partial charge in [0.05, 0.1) is 31.5 Å². The Bertz CT molecular complexity index is 633. The zero-order valence-corrected chi connectivity index (χ0v) is 11.5. The highest BCUT2D eigenvalue weighted by molar-refractivity contribution is 5.60. The third-order valence-electron chi connectivity index (χ3n) is 2.95. The summed E-state index contributed by atoms with van der Waals surface area (Å²) >= 11 is 0. The molecule has 2 rings (SSSR count). The molecule has 4 nitrogen and oxygen atoms in total. The Kier molecular flexibility index (Phi) is 4.46. The van der Waals surface area contributed by atoms with E-state index in [2.05, 4.69) is 11.4 Å². The molecule has 102 valence electrons. The van der Waals surface area contributed by atoms with E-state index in [1.54, 1.807) is 20.3 Å². The Labute approximate surface area is 118 Å². The quantitative estimate of drug-likeness (QED) is 0.904. The summed E-state index contributed by atoms with van der Waals surface area (Å²) in [4.78, 5) is 0. The van der Waals surface area contributed by atoms with Crippen molar-refractivity contribution < 1.29 is 9.47 Å². The van der Waals surface area contributed by atoms with E-state index in [0.717, 1.165) is 22.7 Å². The van der Waals surface area contributed by atoms with E-state index in [-0.39, 0.29) is 0 Å². The van der Waals surface area contributed by atoms with Gasteiger partial charge in [0, 0.05) is 12.6 Å². The molecule has 1 N–H and O–H groups in total. The van der Waals surface area contributed by atoms with Crippen LogP contribution < -0.4 is 14.8 Å². The first-order chi connectivity index (χ1) is 9.76. The van der Waals surface area contributed by atoms with Crippen LogP contribution in [0.15, 0.2) is 42.5 Å². The van der Waals surface area contributed by atoms with Gasteiger partial charge in [-0.25, -0.2) is 0 Å². The first-order valence-electron chi connectivity index (χ1n) is 6.21. The average Bonchev–Trinajstić information content (AvgIpc) is 2.52. The summed E-state index contributed by atoms with van der Waals surface area (Å²) in [5, 5.41) is 12.2. The minimum Gasteiger partial charge on any atom is -0.497 e. The maximum absolute atomic E-state index is 8.89. The maximum Gasteiger partial charge on any atom is 0.142 e. The Balaban J connectivity index is 2.15. The molecule has 0 aliphatic heterocycles. The van der Waals surface area contributed by atoms with Gasteiger partial charge in [-0.2, -0.15) is 5.26 Å². The Hall–Kier alpha value is -2.67. The number of hydrogen-bond donors (Lipinski definition) is 1. The van der Waals surface area contributed by atoms with Gasteiger partial charge < -0.3 is 14.8 Å². The molecule has 0 radical (unpaired) electrons. The highest BCUT2D eigenvalue weighted by Crippen LogP contribution is 2.29. The number of hydrogen-bond acceptors (Lipinski definition) is 4. The molecular weight excluding hydrogens is 252 g/mol. The molecular formula is C16H16N2O2. The first kappa shape index (κ1) is 13.8. The molecule has 0 aromatic heterocycles. The number of nitrogens with zero attached hydrogens (tertiary/aromatic N) is 1. The zero-order chi connectivity index (χ0) is 14.4. The van der Waals surface area contributed by atoms with Crippen LogP contribution in [0.1, 0.15) is 11.1 Å². The molecule has 0 unspecified atom stereocenters. The lowest BCUT2D eigenvalue weighted by molar-refractivity contribution is 0.404. The second-order valence-corrected chi connectivity index (χ2v) is 4.23. The normalized spacial score (nSPS) is 9.65. The van der Waals surface area contributed by atoms with Crippen molar-refractivity contribution in [2.45, 2.75) is 6.54 Å². The van der Waals surface area contributed by atoms with Crippen molar-refractivity contribution in [2.75, 3.05) is 19.5 Å². The van der Waals surface area contributed by atoms with E-state index in [9.17, 15) is 0 Å². The van der Waals surface area contributed by atoms with Gasteiger partial charge in [-0.05, 0) is 29.8 Å². The molecule has 0 aliphatic rings. The number of anilines is 1. The Morgan fingerprint density at radius 3 is 2.65 bits per heavy atom. The van der Waals surface area contributed by atoms with E-state index < -0.39 is 0 Å². The highest BCUT2D eigenvalue weighted by Gasteiger charge is 2.05. The van der Waals surface area contributed by atoms with Crippen LogP contribution in [0.25, 0.3) is 0 Å². The molecule has 0 spiro atoms. The van der Waals surface area contributed by atoms with Crippen LogP contribution in [0.2, 0.25) is 0 Å². The van der Waals surface area contributed by atoms with Crippen molar-refractivity contribution in [3.63, 3.8) is 0 Å². The summed E-state index contributed by atoms with van der Waals surface area (Å²) in [5.41, 5.74) is 2.55. The summed E-state index contributed by atoms with van der Waals surface area (Å²) in [5.74, 6) is 1.52.